The molecule has 0 aromatic carbocycles. The molecular formula is C4H10O2. The van der Waals surface area contributed by atoms with Crippen molar-refractivity contribution >= 4 is 6.79 Å². The van der Waals surface area contributed by atoms with Gasteiger partial charge < -0.3 is 9.53 Å². The summed E-state index contributed by atoms with van der Waals surface area (Å²) in [7, 11) is 1.68. The van der Waals surface area contributed by atoms with Gasteiger partial charge in [-0.15, -0.1) is 0 Å². The molecule has 0 unspecified atom stereocenters. The molecule has 0 spiro atoms. The van der Waals surface area contributed by atoms with Crippen molar-refractivity contribution in [3.8, 4) is 0 Å². The van der Waals surface area contributed by atoms with Gasteiger partial charge in [-0.25, -0.2) is 0 Å². The molecule has 0 aliphatic rings. The number of hydrogen-bond donors (Lipinski definition) is 0. The van der Waals surface area contributed by atoms with E-state index in [-0.39, 0.29) is 0 Å². The smallest absolute Gasteiger partial charge is 0.106 e. The van der Waals surface area contributed by atoms with Crippen LogP contribution in [0.25, 0.3) is 0 Å². The molecule has 2 heteroatoms. The summed E-state index contributed by atoms with van der Waals surface area (Å²) in [6, 6.07) is 0. The van der Waals surface area contributed by atoms with Gasteiger partial charge in [-0.3, -0.25) is 0 Å². The van der Waals surface area contributed by atoms with Crippen molar-refractivity contribution in [1.82, 2.24) is 0 Å². The Morgan fingerprint density at radius 2 is 1.83 bits per heavy atom. The summed E-state index contributed by atoms with van der Waals surface area (Å²) in [5, 5.41) is 0. The van der Waals surface area contributed by atoms with Gasteiger partial charge in [-0.1, -0.05) is 0 Å². The number of hydrogen-bond acceptors (Lipinski definition) is 2. The zero-order chi connectivity index (χ0) is 5.41. The van der Waals surface area contributed by atoms with Crippen LogP contribution in [-0.2, 0) is 9.53 Å². The third-order valence-electron chi connectivity index (χ3n) is 0.289. The lowest BCUT2D eigenvalue weighted by molar-refractivity contribution is -0.0979. The molecule has 0 aromatic rings. The van der Waals surface area contributed by atoms with Gasteiger partial charge in [0.25, 0.3) is 0 Å². The second-order valence-corrected chi connectivity index (χ2v) is 0.577. The van der Waals surface area contributed by atoms with Crippen LogP contribution in [0, 0.1) is 0 Å². The standard InChI is InChI=1S/C3H8O.CH2O/c1-3-4-2;1-2/h3H2,1-2H3;1H2. The molecule has 2 nitrogen and oxygen atoms in total. The van der Waals surface area contributed by atoms with Crippen LogP contribution in [0.1, 0.15) is 6.92 Å². The summed E-state index contributed by atoms with van der Waals surface area (Å²) in [5.74, 6) is 0. The molecule has 6 heavy (non-hydrogen) atoms. The van der Waals surface area contributed by atoms with Gasteiger partial charge >= 0.3 is 0 Å². The van der Waals surface area contributed by atoms with Crippen molar-refractivity contribution < 1.29 is 9.53 Å². The van der Waals surface area contributed by atoms with Gasteiger partial charge in [0.1, 0.15) is 6.79 Å². The highest BCUT2D eigenvalue weighted by molar-refractivity contribution is 5.10. The lowest BCUT2D eigenvalue weighted by Gasteiger charge is -1.76. The minimum atomic E-state index is 0.819. The van der Waals surface area contributed by atoms with E-state index in [1.165, 1.54) is 0 Å². The molecule has 0 saturated carbocycles. The fourth-order valence-corrected chi connectivity index (χ4v) is 0. The van der Waals surface area contributed by atoms with Crippen LogP contribution >= 0.6 is 0 Å². The fraction of sp³-hybridized carbons (Fsp3) is 0.750. The zero-order valence-electron chi connectivity index (χ0n) is 4.23. The predicted octanol–water partition coefficient (Wildman–Crippen LogP) is 0.468. The van der Waals surface area contributed by atoms with E-state index in [1.807, 2.05) is 13.7 Å². The number of methoxy groups -OCH3 is 1. The first-order chi connectivity index (χ1) is 2.91. The van der Waals surface area contributed by atoms with Crippen LogP contribution in [0.3, 0.4) is 0 Å². The fourth-order valence-electron chi connectivity index (χ4n) is 0. The highest BCUT2D eigenvalue weighted by Crippen LogP contribution is 1.52. The molecule has 0 aliphatic heterocycles. The van der Waals surface area contributed by atoms with E-state index in [1.54, 1.807) is 7.11 Å². The Balaban J connectivity index is 0. The first-order valence-electron chi connectivity index (χ1n) is 1.69. The summed E-state index contributed by atoms with van der Waals surface area (Å²) < 4.78 is 4.54. The minimum absolute atomic E-state index is 0.819. The maximum absolute atomic E-state index is 8.00. The lowest BCUT2D eigenvalue weighted by atomic mass is 10.9. The topological polar surface area (TPSA) is 26.3 Å². The van der Waals surface area contributed by atoms with E-state index < -0.39 is 0 Å². The van der Waals surface area contributed by atoms with Gasteiger partial charge in [-0.05, 0) is 6.92 Å². The summed E-state index contributed by atoms with van der Waals surface area (Å²) >= 11 is 0. The molecule has 0 amide bonds. The molecule has 0 N–H and O–H groups in total. The van der Waals surface area contributed by atoms with Gasteiger partial charge in [0.2, 0.25) is 0 Å². The van der Waals surface area contributed by atoms with E-state index in [0.717, 1.165) is 6.61 Å². The Kier molecular flexibility index (Phi) is 35.1. The van der Waals surface area contributed by atoms with Crippen LogP contribution in [0.5, 0.6) is 0 Å². The molecule has 0 radical (unpaired) electrons. The van der Waals surface area contributed by atoms with Crippen LogP contribution in [-0.4, -0.2) is 20.5 Å². The number of rotatable bonds is 1. The molecule has 0 aromatic heterocycles. The monoisotopic (exact) mass is 90.1 g/mol. The van der Waals surface area contributed by atoms with E-state index in [9.17, 15) is 0 Å². The average molecular weight is 90.1 g/mol. The lowest BCUT2D eigenvalue weighted by Crippen LogP contribution is -1.73. The molecule has 0 saturated heterocycles. The molecule has 0 atom stereocenters. The summed E-state index contributed by atoms with van der Waals surface area (Å²) in [4.78, 5) is 8.00. The molecule has 0 rings (SSSR count). The van der Waals surface area contributed by atoms with E-state index in [2.05, 4.69) is 4.74 Å². The quantitative estimate of drug-likeness (QED) is 0.467. The maximum atomic E-state index is 8.00. The normalized spacial score (nSPS) is 5.67. The van der Waals surface area contributed by atoms with Crippen LogP contribution in [0.2, 0.25) is 0 Å². The van der Waals surface area contributed by atoms with Crippen LogP contribution < -0.4 is 0 Å². The van der Waals surface area contributed by atoms with Crippen molar-refractivity contribution in [2.45, 2.75) is 6.92 Å². The van der Waals surface area contributed by atoms with Crippen molar-refractivity contribution in [3.63, 3.8) is 0 Å². The van der Waals surface area contributed by atoms with Crippen LogP contribution in [0.15, 0.2) is 0 Å². The van der Waals surface area contributed by atoms with E-state index in [0.29, 0.717) is 0 Å². The molecule has 38 valence electrons. The van der Waals surface area contributed by atoms with Gasteiger partial charge in [0, 0.05) is 13.7 Å². The van der Waals surface area contributed by atoms with Crippen LogP contribution in [0.4, 0.5) is 0 Å². The van der Waals surface area contributed by atoms with Gasteiger partial charge in [0.05, 0.1) is 0 Å². The maximum Gasteiger partial charge on any atom is 0.106 e. The SMILES string of the molecule is C=O.CCOC. The van der Waals surface area contributed by atoms with Gasteiger partial charge in [0.15, 0.2) is 0 Å². The average Bonchev–Trinajstić information content (AvgIpc) is 1.72. The first-order valence-corrected chi connectivity index (χ1v) is 1.69. The number of carbonyl (C=O) groups is 1. The number of ether oxygens (including phenoxy) is 1. The summed E-state index contributed by atoms with van der Waals surface area (Å²) in [6.07, 6.45) is 0. The third kappa shape index (κ3) is 63.3. The van der Waals surface area contributed by atoms with E-state index in [4.69, 9.17) is 4.79 Å². The first kappa shape index (κ1) is 9.16. The molecule has 0 aliphatic carbocycles. The minimum Gasteiger partial charge on any atom is -0.385 e. The Bertz CT molecular complexity index is 13.0. The summed E-state index contributed by atoms with van der Waals surface area (Å²) in [6.45, 7) is 4.78. The van der Waals surface area contributed by atoms with Crippen molar-refractivity contribution in [2.75, 3.05) is 13.7 Å². The number of carbonyl (C=O) groups excluding carboxylic acids is 1. The van der Waals surface area contributed by atoms with Crippen molar-refractivity contribution in [2.24, 2.45) is 0 Å². The van der Waals surface area contributed by atoms with E-state index >= 15 is 0 Å². The predicted molar refractivity (Wildman–Crippen MR) is 24.7 cm³/mol. The largest absolute Gasteiger partial charge is 0.385 e. The molecule has 0 bridgehead atoms. The Morgan fingerprint density at radius 1 is 1.67 bits per heavy atom. The van der Waals surface area contributed by atoms with Gasteiger partial charge in [-0.2, -0.15) is 0 Å². The summed E-state index contributed by atoms with van der Waals surface area (Å²) in [5.41, 5.74) is 0. The molecular weight excluding hydrogens is 80.0 g/mol. The highest BCUT2D eigenvalue weighted by atomic mass is 16.5. The Morgan fingerprint density at radius 3 is 1.83 bits per heavy atom. The molecule has 0 fully saturated rings. The highest BCUT2D eigenvalue weighted by Gasteiger charge is 1.51. The zero-order valence-corrected chi connectivity index (χ0v) is 4.23. The Hall–Kier alpha value is -0.370. The van der Waals surface area contributed by atoms with Crippen molar-refractivity contribution in [1.29, 1.82) is 0 Å². The third-order valence-corrected chi connectivity index (χ3v) is 0.289. The second kappa shape index (κ2) is 23.0. The van der Waals surface area contributed by atoms with Crippen molar-refractivity contribution in [3.05, 3.63) is 0 Å². The molecule has 0 heterocycles. The Labute approximate surface area is 38.1 Å². The second-order valence-electron chi connectivity index (χ2n) is 0.577.